The van der Waals surface area contributed by atoms with Gasteiger partial charge in [0.15, 0.2) is 0 Å². The molecule has 2 aromatic carbocycles. The van der Waals surface area contributed by atoms with E-state index in [2.05, 4.69) is 106 Å². The van der Waals surface area contributed by atoms with Gasteiger partial charge in [-0.25, -0.2) is 0 Å². The molecule has 0 heterocycles. The smallest absolute Gasteiger partial charge is 1.00 e. The molecule has 0 amide bonds. The van der Waals surface area contributed by atoms with Gasteiger partial charge in [0.25, 0.3) is 0 Å². The van der Waals surface area contributed by atoms with Crippen LogP contribution >= 0.6 is 0 Å². The SMILES string of the molecule is CC1=[C]([Zr+2])CC(C(C)(C)C)=C1C1c2cc(C(C)(C)C)ccc2-c2ccc(C(C)(C)C)cc21.[Cl-].[Cl-]. The third-order valence-electron chi connectivity index (χ3n) is 7.48. The van der Waals surface area contributed by atoms with Crippen LogP contribution in [0, 0.1) is 5.41 Å². The molecule has 0 aliphatic heterocycles. The fourth-order valence-corrected chi connectivity index (χ4v) is 6.12. The topological polar surface area (TPSA) is 0 Å². The maximum atomic E-state index is 2.53. The van der Waals surface area contributed by atoms with E-state index in [1.165, 1.54) is 33.4 Å². The summed E-state index contributed by atoms with van der Waals surface area (Å²) < 4.78 is 1.63. The first-order chi connectivity index (χ1) is 14.6. The predicted octanol–water partition coefficient (Wildman–Crippen LogP) is 2.97. The fourth-order valence-electron chi connectivity index (χ4n) is 5.36. The van der Waals surface area contributed by atoms with Gasteiger partial charge < -0.3 is 24.8 Å². The third kappa shape index (κ3) is 5.10. The van der Waals surface area contributed by atoms with Crippen molar-refractivity contribution in [2.24, 2.45) is 5.41 Å². The van der Waals surface area contributed by atoms with Crippen LogP contribution in [0.5, 0.6) is 0 Å². The third-order valence-corrected chi connectivity index (χ3v) is 8.83. The molecule has 0 unspecified atom stereocenters. The molecule has 0 fully saturated rings. The fraction of sp³-hybridized carbons (Fsp3) is 0.484. The van der Waals surface area contributed by atoms with Crippen LogP contribution < -0.4 is 24.8 Å². The van der Waals surface area contributed by atoms with Crippen molar-refractivity contribution in [2.45, 2.75) is 92.4 Å². The molecule has 0 atom stereocenters. The molecule has 2 aromatic rings. The maximum Gasteiger partial charge on any atom is -1.00 e. The maximum absolute atomic E-state index is 2.53. The van der Waals surface area contributed by atoms with Crippen LogP contribution in [-0.2, 0) is 35.5 Å². The summed E-state index contributed by atoms with van der Waals surface area (Å²) in [6.45, 7) is 23.6. The Balaban J connectivity index is 0.00000204. The second kappa shape index (κ2) is 9.69. The molecule has 0 radical (unpaired) electrons. The van der Waals surface area contributed by atoms with Crippen LogP contribution in [0.3, 0.4) is 0 Å². The number of hydrogen-bond donors (Lipinski definition) is 0. The van der Waals surface area contributed by atoms with E-state index in [0.717, 1.165) is 6.42 Å². The first-order valence-electron chi connectivity index (χ1n) is 12.0. The quantitative estimate of drug-likeness (QED) is 0.493. The van der Waals surface area contributed by atoms with E-state index >= 15 is 0 Å². The van der Waals surface area contributed by atoms with Gasteiger partial charge in [-0.2, -0.15) is 0 Å². The van der Waals surface area contributed by atoms with Gasteiger partial charge in [0, 0.05) is 0 Å². The van der Waals surface area contributed by atoms with Crippen molar-refractivity contribution >= 4 is 0 Å². The molecule has 0 nitrogen and oxygen atoms in total. The Morgan fingerprint density at radius 2 is 1.09 bits per heavy atom. The molecule has 0 aromatic heterocycles. The summed E-state index contributed by atoms with van der Waals surface area (Å²) in [5.74, 6) is 0.344. The average molecular weight is 574 g/mol. The van der Waals surface area contributed by atoms with Gasteiger partial charge in [0.05, 0.1) is 0 Å². The van der Waals surface area contributed by atoms with Crippen LogP contribution in [0.15, 0.2) is 56.4 Å². The van der Waals surface area contributed by atoms with Crippen LogP contribution in [0.1, 0.15) is 104 Å². The monoisotopic (exact) mass is 571 g/mol. The van der Waals surface area contributed by atoms with Gasteiger partial charge >= 0.3 is 212 Å². The average Bonchev–Trinajstić information content (AvgIpc) is 3.13. The normalized spacial score (nSPS) is 16.4. The van der Waals surface area contributed by atoms with Crippen molar-refractivity contribution in [3.63, 3.8) is 0 Å². The number of hydrogen-bond acceptors (Lipinski definition) is 0. The van der Waals surface area contributed by atoms with Gasteiger partial charge in [0.2, 0.25) is 0 Å². The summed E-state index contributed by atoms with van der Waals surface area (Å²) in [5.41, 5.74) is 14.1. The van der Waals surface area contributed by atoms with Crippen molar-refractivity contribution in [3.8, 4) is 11.1 Å². The minimum absolute atomic E-state index is 0. The molecule has 2 aliphatic carbocycles. The van der Waals surface area contributed by atoms with E-state index in [9.17, 15) is 0 Å². The number of rotatable bonds is 1. The first kappa shape index (κ1) is 29.6. The predicted molar refractivity (Wildman–Crippen MR) is 135 cm³/mol. The molecular formula is C31H39Cl2Zr. The van der Waals surface area contributed by atoms with E-state index < -0.39 is 0 Å². The summed E-state index contributed by atoms with van der Waals surface area (Å²) in [6, 6.07) is 14.6. The van der Waals surface area contributed by atoms with Gasteiger partial charge in [-0.3, -0.25) is 0 Å². The van der Waals surface area contributed by atoms with Gasteiger partial charge in [-0.1, -0.05) is 0 Å². The molecule has 34 heavy (non-hydrogen) atoms. The number of allylic oxidation sites excluding steroid dienone is 4. The molecule has 0 saturated heterocycles. The molecule has 2 aliphatic rings. The summed E-state index contributed by atoms with van der Waals surface area (Å²) in [5, 5.41) is 0. The molecule has 0 N–H and O–H groups in total. The second-order valence-electron chi connectivity index (χ2n) is 13.0. The summed E-state index contributed by atoms with van der Waals surface area (Å²) in [6.07, 6.45) is 1.15. The number of benzene rings is 2. The van der Waals surface area contributed by atoms with E-state index in [1.54, 1.807) is 44.7 Å². The zero-order chi connectivity index (χ0) is 23.8. The van der Waals surface area contributed by atoms with Crippen molar-refractivity contribution in [3.05, 3.63) is 78.7 Å². The van der Waals surface area contributed by atoms with Crippen LogP contribution in [0.4, 0.5) is 0 Å². The van der Waals surface area contributed by atoms with E-state index in [4.69, 9.17) is 0 Å². The van der Waals surface area contributed by atoms with Crippen LogP contribution in [-0.4, -0.2) is 0 Å². The number of halogens is 2. The Morgan fingerprint density at radius 3 is 1.44 bits per heavy atom. The van der Waals surface area contributed by atoms with Crippen molar-refractivity contribution < 1.29 is 49.5 Å². The van der Waals surface area contributed by atoms with Crippen LogP contribution in [0.2, 0.25) is 0 Å². The molecule has 0 bridgehead atoms. The second-order valence-corrected chi connectivity index (χ2v) is 14.4. The molecule has 3 heteroatoms. The molecule has 4 rings (SSSR count). The Morgan fingerprint density at radius 1 is 0.676 bits per heavy atom. The molecule has 181 valence electrons. The Kier molecular flexibility index (Phi) is 8.44. The van der Waals surface area contributed by atoms with E-state index in [1.807, 2.05) is 0 Å². The van der Waals surface area contributed by atoms with Crippen molar-refractivity contribution in [2.75, 3.05) is 0 Å². The van der Waals surface area contributed by atoms with Crippen molar-refractivity contribution in [1.82, 2.24) is 0 Å². The van der Waals surface area contributed by atoms with Gasteiger partial charge in [0.1, 0.15) is 0 Å². The van der Waals surface area contributed by atoms with Gasteiger partial charge in [-0.05, 0) is 0 Å². The summed E-state index contributed by atoms with van der Waals surface area (Å²) >= 11 is 1.57. The van der Waals surface area contributed by atoms with Crippen LogP contribution in [0.25, 0.3) is 11.1 Å². The standard InChI is InChI=1S/C31H39.2ClH.Zr/c1-19-11-16-26(31(8,9)10)27(19)28-24-17-20(29(2,3)4)12-14-22(24)23-15-13-21(18-25(23)28)30(5,6)7;;;/h12-15,17-18,28H,16H2,1-10H3;2*1H;/q;;;+2/p-2. The van der Waals surface area contributed by atoms with E-state index in [0.29, 0.717) is 5.92 Å². The zero-order valence-electron chi connectivity index (χ0n) is 22.5. The summed E-state index contributed by atoms with van der Waals surface area (Å²) in [4.78, 5) is 0. The zero-order valence-corrected chi connectivity index (χ0v) is 26.5. The minimum Gasteiger partial charge on any atom is -1.00 e. The molecule has 0 spiro atoms. The largest absolute Gasteiger partial charge is 1.00 e. The van der Waals surface area contributed by atoms with Gasteiger partial charge in [-0.15, -0.1) is 0 Å². The Labute approximate surface area is 235 Å². The Hall–Kier alpha value is -0.617. The molecule has 0 saturated carbocycles. The number of fused-ring (bicyclic) bond motifs is 3. The van der Waals surface area contributed by atoms with E-state index in [-0.39, 0.29) is 41.1 Å². The summed E-state index contributed by atoms with van der Waals surface area (Å²) in [7, 11) is 0. The molecular weight excluding hydrogens is 534 g/mol. The first-order valence-corrected chi connectivity index (χ1v) is 13.3. The minimum atomic E-state index is 0. The van der Waals surface area contributed by atoms with Crippen molar-refractivity contribution in [1.29, 1.82) is 0 Å². The Bertz CT molecular complexity index is 1100.